The van der Waals surface area contributed by atoms with Gasteiger partial charge in [0.15, 0.2) is 5.75 Å². The lowest BCUT2D eigenvalue weighted by Gasteiger charge is -2.03. The first-order chi connectivity index (χ1) is 9.19. The second-order valence-electron chi connectivity index (χ2n) is 4.69. The Hall–Kier alpha value is -1.75. The molecule has 0 radical (unpaired) electrons. The van der Waals surface area contributed by atoms with E-state index < -0.39 is 0 Å². The number of nitrogens with zero attached hydrogens (tertiary/aromatic N) is 2. The fraction of sp³-hybridized carbons (Fsp3) is 0.500. The molecule has 0 aliphatic rings. The minimum Gasteiger partial charge on any atom is -0.482 e. The Kier molecular flexibility index (Phi) is 4.63. The number of rotatable bonds is 7. The monoisotopic (exact) mass is 263 g/mol. The third-order valence-electron chi connectivity index (χ3n) is 2.75. The standard InChI is InChI=1S/C14H21N3O2/c1-4-15-7-12-5-6-13(19-12)10-18-14-8-16-17(9-14)11(2)3/h5-6,8-9,11,15H,4,7,10H2,1-3H3. The van der Waals surface area contributed by atoms with Crippen LogP contribution in [0.3, 0.4) is 0 Å². The number of hydrogen-bond donors (Lipinski definition) is 1. The van der Waals surface area contributed by atoms with Gasteiger partial charge in [0.25, 0.3) is 0 Å². The summed E-state index contributed by atoms with van der Waals surface area (Å²) in [5.41, 5.74) is 0. The van der Waals surface area contributed by atoms with Gasteiger partial charge >= 0.3 is 0 Å². The van der Waals surface area contributed by atoms with Crippen LogP contribution in [0.4, 0.5) is 0 Å². The fourth-order valence-electron chi connectivity index (χ4n) is 1.68. The Morgan fingerprint density at radius 3 is 2.84 bits per heavy atom. The van der Waals surface area contributed by atoms with Crippen molar-refractivity contribution < 1.29 is 9.15 Å². The molecule has 0 saturated carbocycles. The summed E-state index contributed by atoms with van der Waals surface area (Å²) in [5.74, 6) is 2.52. The molecule has 0 aliphatic heterocycles. The van der Waals surface area contributed by atoms with Gasteiger partial charge in [0.05, 0.1) is 18.9 Å². The molecule has 5 nitrogen and oxygen atoms in total. The Morgan fingerprint density at radius 1 is 1.37 bits per heavy atom. The number of aromatic nitrogens is 2. The van der Waals surface area contributed by atoms with E-state index in [1.54, 1.807) is 6.20 Å². The van der Waals surface area contributed by atoms with Crippen molar-refractivity contribution in [1.82, 2.24) is 15.1 Å². The smallest absolute Gasteiger partial charge is 0.157 e. The summed E-state index contributed by atoms with van der Waals surface area (Å²) >= 11 is 0. The summed E-state index contributed by atoms with van der Waals surface area (Å²) in [5, 5.41) is 7.44. The van der Waals surface area contributed by atoms with Gasteiger partial charge in [-0.1, -0.05) is 6.92 Å². The van der Waals surface area contributed by atoms with Gasteiger partial charge in [-0.25, -0.2) is 0 Å². The maximum Gasteiger partial charge on any atom is 0.157 e. The molecule has 0 aliphatic carbocycles. The summed E-state index contributed by atoms with van der Waals surface area (Å²) in [7, 11) is 0. The Balaban J connectivity index is 1.85. The van der Waals surface area contributed by atoms with Gasteiger partial charge in [-0.15, -0.1) is 0 Å². The zero-order valence-electron chi connectivity index (χ0n) is 11.7. The molecular weight excluding hydrogens is 242 g/mol. The van der Waals surface area contributed by atoms with Crippen LogP contribution in [0.5, 0.6) is 5.75 Å². The second kappa shape index (κ2) is 6.43. The Morgan fingerprint density at radius 2 is 2.16 bits per heavy atom. The van der Waals surface area contributed by atoms with Gasteiger partial charge < -0.3 is 14.5 Å². The molecule has 0 spiro atoms. The van der Waals surface area contributed by atoms with E-state index in [4.69, 9.17) is 9.15 Å². The minimum absolute atomic E-state index is 0.340. The van der Waals surface area contributed by atoms with Gasteiger partial charge in [0.2, 0.25) is 0 Å². The van der Waals surface area contributed by atoms with Crippen LogP contribution in [0.2, 0.25) is 0 Å². The Labute approximate surface area is 113 Å². The first kappa shape index (κ1) is 13.7. The van der Waals surface area contributed by atoms with Gasteiger partial charge in [-0.2, -0.15) is 5.10 Å². The van der Waals surface area contributed by atoms with Crippen LogP contribution < -0.4 is 10.1 Å². The van der Waals surface area contributed by atoms with Gasteiger partial charge in [0, 0.05) is 6.04 Å². The van der Waals surface area contributed by atoms with Crippen molar-refractivity contribution in [2.24, 2.45) is 0 Å². The van der Waals surface area contributed by atoms with Gasteiger partial charge in [0.1, 0.15) is 18.1 Å². The molecule has 1 N–H and O–H groups in total. The zero-order chi connectivity index (χ0) is 13.7. The molecule has 5 heteroatoms. The van der Waals surface area contributed by atoms with Crippen molar-refractivity contribution in [2.45, 2.75) is 40.0 Å². The van der Waals surface area contributed by atoms with Crippen molar-refractivity contribution >= 4 is 0 Å². The number of ether oxygens (including phenoxy) is 1. The molecule has 0 unspecified atom stereocenters. The predicted molar refractivity (Wildman–Crippen MR) is 73.0 cm³/mol. The molecule has 0 atom stereocenters. The van der Waals surface area contributed by atoms with E-state index in [-0.39, 0.29) is 0 Å². The van der Waals surface area contributed by atoms with Crippen molar-refractivity contribution in [1.29, 1.82) is 0 Å². The Bertz CT molecular complexity index is 502. The van der Waals surface area contributed by atoms with Crippen LogP contribution in [0.15, 0.2) is 28.9 Å². The lowest BCUT2D eigenvalue weighted by atomic mass is 10.4. The summed E-state index contributed by atoms with van der Waals surface area (Å²) in [4.78, 5) is 0. The highest BCUT2D eigenvalue weighted by atomic mass is 16.5. The molecule has 2 aromatic rings. The molecule has 0 amide bonds. The quantitative estimate of drug-likeness (QED) is 0.834. The van der Waals surface area contributed by atoms with E-state index in [0.717, 1.165) is 30.4 Å². The normalized spacial score (nSPS) is 11.2. The molecule has 2 rings (SSSR count). The van der Waals surface area contributed by atoms with Crippen LogP contribution in [0, 0.1) is 0 Å². The van der Waals surface area contributed by atoms with Crippen LogP contribution in [0.25, 0.3) is 0 Å². The van der Waals surface area contributed by atoms with Gasteiger partial charge in [-0.05, 0) is 32.5 Å². The van der Waals surface area contributed by atoms with E-state index >= 15 is 0 Å². The van der Waals surface area contributed by atoms with Crippen LogP contribution in [-0.4, -0.2) is 16.3 Å². The minimum atomic E-state index is 0.340. The molecule has 0 saturated heterocycles. The summed E-state index contributed by atoms with van der Waals surface area (Å²) in [6.45, 7) is 8.34. The lowest BCUT2D eigenvalue weighted by Crippen LogP contribution is -2.10. The topological polar surface area (TPSA) is 52.2 Å². The van der Waals surface area contributed by atoms with E-state index in [1.807, 2.05) is 23.0 Å². The third-order valence-corrected chi connectivity index (χ3v) is 2.75. The zero-order valence-corrected chi connectivity index (χ0v) is 11.7. The highest BCUT2D eigenvalue weighted by Gasteiger charge is 2.05. The average molecular weight is 263 g/mol. The highest BCUT2D eigenvalue weighted by molar-refractivity contribution is 5.13. The van der Waals surface area contributed by atoms with Crippen LogP contribution in [0.1, 0.15) is 38.3 Å². The molecule has 0 aromatic carbocycles. The van der Waals surface area contributed by atoms with E-state index in [9.17, 15) is 0 Å². The van der Waals surface area contributed by atoms with E-state index in [1.165, 1.54) is 0 Å². The molecule has 19 heavy (non-hydrogen) atoms. The van der Waals surface area contributed by atoms with E-state index in [0.29, 0.717) is 12.6 Å². The fourth-order valence-corrected chi connectivity index (χ4v) is 1.68. The summed E-state index contributed by atoms with van der Waals surface area (Å²) in [6, 6.07) is 4.26. The average Bonchev–Trinajstić information content (AvgIpc) is 3.03. The number of furan rings is 1. The van der Waals surface area contributed by atoms with Crippen molar-refractivity contribution in [3.8, 4) is 5.75 Å². The first-order valence-corrected chi connectivity index (χ1v) is 6.64. The first-order valence-electron chi connectivity index (χ1n) is 6.64. The number of hydrogen-bond acceptors (Lipinski definition) is 4. The van der Waals surface area contributed by atoms with Gasteiger partial charge in [-0.3, -0.25) is 4.68 Å². The summed E-state index contributed by atoms with van der Waals surface area (Å²) < 4.78 is 13.2. The maximum atomic E-state index is 5.65. The molecule has 2 heterocycles. The number of nitrogens with one attached hydrogen (secondary N) is 1. The third kappa shape index (κ3) is 3.86. The van der Waals surface area contributed by atoms with Crippen molar-refractivity contribution in [2.75, 3.05) is 6.54 Å². The second-order valence-corrected chi connectivity index (χ2v) is 4.69. The van der Waals surface area contributed by atoms with E-state index in [2.05, 4.69) is 31.2 Å². The molecular formula is C14H21N3O2. The molecule has 0 fully saturated rings. The summed E-state index contributed by atoms with van der Waals surface area (Å²) in [6.07, 6.45) is 3.62. The highest BCUT2D eigenvalue weighted by Crippen LogP contribution is 2.15. The van der Waals surface area contributed by atoms with Crippen LogP contribution >= 0.6 is 0 Å². The van der Waals surface area contributed by atoms with Crippen molar-refractivity contribution in [3.63, 3.8) is 0 Å². The largest absolute Gasteiger partial charge is 0.482 e. The molecule has 2 aromatic heterocycles. The van der Waals surface area contributed by atoms with Crippen molar-refractivity contribution in [3.05, 3.63) is 36.0 Å². The lowest BCUT2D eigenvalue weighted by molar-refractivity contribution is 0.264. The SMILES string of the molecule is CCNCc1ccc(COc2cnn(C(C)C)c2)o1. The molecule has 0 bridgehead atoms. The maximum absolute atomic E-state index is 5.65. The predicted octanol–water partition coefficient (Wildman–Crippen LogP) is 2.75. The molecule has 104 valence electrons. The van der Waals surface area contributed by atoms with Crippen LogP contribution in [-0.2, 0) is 13.2 Å².